The van der Waals surface area contributed by atoms with Gasteiger partial charge in [0.1, 0.15) is 0 Å². The Balaban J connectivity index is 1.88. The average Bonchev–Trinajstić information content (AvgIpc) is 2.93. The summed E-state index contributed by atoms with van der Waals surface area (Å²) < 4.78 is 0. The largest absolute Gasteiger partial charge is 0.309 e. The van der Waals surface area contributed by atoms with E-state index in [0.717, 1.165) is 24.2 Å². The lowest BCUT2D eigenvalue weighted by Crippen LogP contribution is -2.11. The van der Waals surface area contributed by atoms with E-state index in [1.165, 1.54) is 16.7 Å². The lowest BCUT2D eigenvalue weighted by atomic mass is 9.86. The van der Waals surface area contributed by atoms with Crippen LogP contribution >= 0.6 is 0 Å². The SMILES string of the molecule is CC(C)(C)c1ccc(C(=O)c2ccc3c(c2)CNC3)cc1. The molecular weight excluding hydrogens is 258 g/mol. The molecule has 2 aromatic carbocycles. The summed E-state index contributed by atoms with van der Waals surface area (Å²) in [7, 11) is 0. The standard InChI is InChI=1S/C19H21NO/c1-19(2,3)17-8-6-13(7-9-17)18(21)14-4-5-15-11-20-12-16(15)10-14/h4-10,20H,11-12H2,1-3H3. The zero-order valence-electron chi connectivity index (χ0n) is 12.9. The molecule has 1 aliphatic rings. The predicted molar refractivity (Wildman–Crippen MR) is 85.6 cm³/mol. The molecule has 0 unspecified atom stereocenters. The van der Waals surface area contributed by atoms with Crippen LogP contribution in [-0.2, 0) is 18.5 Å². The Hall–Kier alpha value is -1.93. The van der Waals surface area contributed by atoms with Crippen LogP contribution in [0.5, 0.6) is 0 Å². The number of benzene rings is 2. The molecule has 0 aliphatic carbocycles. The number of fused-ring (bicyclic) bond motifs is 1. The van der Waals surface area contributed by atoms with E-state index in [1.807, 2.05) is 24.3 Å². The smallest absolute Gasteiger partial charge is 0.193 e. The first-order valence-electron chi connectivity index (χ1n) is 7.43. The first-order valence-corrected chi connectivity index (χ1v) is 7.43. The molecule has 0 aromatic heterocycles. The quantitative estimate of drug-likeness (QED) is 0.847. The Kier molecular flexibility index (Phi) is 3.42. The number of rotatable bonds is 2. The molecule has 0 radical (unpaired) electrons. The van der Waals surface area contributed by atoms with Crippen LogP contribution in [-0.4, -0.2) is 5.78 Å². The van der Waals surface area contributed by atoms with Gasteiger partial charge in [-0.1, -0.05) is 57.2 Å². The van der Waals surface area contributed by atoms with Crippen LogP contribution in [0, 0.1) is 0 Å². The number of carbonyl (C=O) groups excluding carboxylic acids is 1. The third-order valence-corrected chi connectivity index (χ3v) is 4.11. The van der Waals surface area contributed by atoms with Crippen molar-refractivity contribution >= 4 is 5.78 Å². The van der Waals surface area contributed by atoms with E-state index in [2.05, 4.69) is 44.3 Å². The van der Waals surface area contributed by atoms with E-state index in [9.17, 15) is 4.79 Å². The molecule has 0 fully saturated rings. The van der Waals surface area contributed by atoms with Gasteiger partial charge in [0.2, 0.25) is 0 Å². The van der Waals surface area contributed by atoms with Crippen molar-refractivity contribution < 1.29 is 4.79 Å². The van der Waals surface area contributed by atoms with Crippen LogP contribution in [0.4, 0.5) is 0 Å². The van der Waals surface area contributed by atoms with E-state index in [4.69, 9.17) is 0 Å². The number of hydrogen-bond acceptors (Lipinski definition) is 2. The minimum Gasteiger partial charge on any atom is -0.309 e. The van der Waals surface area contributed by atoms with Gasteiger partial charge in [0, 0.05) is 24.2 Å². The highest BCUT2D eigenvalue weighted by Crippen LogP contribution is 2.24. The summed E-state index contributed by atoms with van der Waals surface area (Å²) in [5.74, 6) is 0.102. The maximum absolute atomic E-state index is 12.6. The minimum absolute atomic E-state index is 0.102. The van der Waals surface area contributed by atoms with Gasteiger partial charge in [-0.05, 0) is 28.2 Å². The highest BCUT2D eigenvalue weighted by molar-refractivity contribution is 6.09. The average molecular weight is 279 g/mol. The summed E-state index contributed by atoms with van der Waals surface area (Å²) in [6, 6.07) is 14.0. The summed E-state index contributed by atoms with van der Waals surface area (Å²) >= 11 is 0. The van der Waals surface area contributed by atoms with Crippen molar-refractivity contribution in [3.8, 4) is 0 Å². The van der Waals surface area contributed by atoms with Gasteiger partial charge in [-0.3, -0.25) is 4.79 Å². The maximum Gasteiger partial charge on any atom is 0.193 e. The molecule has 0 saturated heterocycles. The fraction of sp³-hybridized carbons (Fsp3) is 0.316. The molecule has 2 aromatic rings. The topological polar surface area (TPSA) is 29.1 Å². The van der Waals surface area contributed by atoms with Crippen molar-refractivity contribution in [2.75, 3.05) is 0 Å². The molecule has 21 heavy (non-hydrogen) atoms. The first kappa shape index (κ1) is 14.0. The Labute approximate surface area is 126 Å². The van der Waals surface area contributed by atoms with Gasteiger partial charge in [-0.15, -0.1) is 0 Å². The second-order valence-electron chi connectivity index (χ2n) is 6.74. The number of hydrogen-bond donors (Lipinski definition) is 1. The number of nitrogens with one attached hydrogen (secondary N) is 1. The molecule has 0 atom stereocenters. The third-order valence-electron chi connectivity index (χ3n) is 4.11. The van der Waals surface area contributed by atoms with Crippen LogP contribution in [0.1, 0.15) is 53.4 Å². The Bertz CT molecular complexity index is 678. The van der Waals surface area contributed by atoms with Gasteiger partial charge in [0.05, 0.1) is 0 Å². The van der Waals surface area contributed by atoms with Crippen molar-refractivity contribution in [2.24, 2.45) is 0 Å². The molecule has 108 valence electrons. The first-order chi connectivity index (χ1) is 9.95. The fourth-order valence-corrected chi connectivity index (χ4v) is 2.72. The van der Waals surface area contributed by atoms with Gasteiger partial charge >= 0.3 is 0 Å². The van der Waals surface area contributed by atoms with Crippen molar-refractivity contribution in [3.63, 3.8) is 0 Å². The second kappa shape index (κ2) is 5.12. The van der Waals surface area contributed by atoms with Crippen LogP contribution in [0.25, 0.3) is 0 Å². The summed E-state index contributed by atoms with van der Waals surface area (Å²) in [5, 5.41) is 3.31. The minimum atomic E-state index is 0.102. The van der Waals surface area contributed by atoms with Gasteiger partial charge in [-0.25, -0.2) is 0 Å². The molecule has 0 spiro atoms. The Morgan fingerprint density at radius 1 is 0.905 bits per heavy atom. The molecular formula is C19H21NO. The second-order valence-corrected chi connectivity index (χ2v) is 6.74. The molecule has 2 nitrogen and oxygen atoms in total. The summed E-state index contributed by atoms with van der Waals surface area (Å²) in [4.78, 5) is 12.6. The summed E-state index contributed by atoms with van der Waals surface area (Å²) in [5.41, 5.74) is 5.44. The van der Waals surface area contributed by atoms with E-state index in [1.54, 1.807) is 0 Å². The van der Waals surface area contributed by atoms with E-state index < -0.39 is 0 Å². The van der Waals surface area contributed by atoms with Gasteiger partial charge in [0.15, 0.2) is 5.78 Å². The lowest BCUT2D eigenvalue weighted by Gasteiger charge is -2.19. The van der Waals surface area contributed by atoms with Crippen LogP contribution in [0.15, 0.2) is 42.5 Å². The molecule has 0 saturated carbocycles. The van der Waals surface area contributed by atoms with E-state index in [-0.39, 0.29) is 11.2 Å². The fourth-order valence-electron chi connectivity index (χ4n) is 2.72. The van der Waals surface area contributed by atoms with Crippen LogP contribution in [0.2, 0.25) is 0 Å². The monoisotopic (exact) mass is 279 g/mol. The Morgan fingerprint density at radius 2 is 1.52 bits per heavy atom. The molecule has 2 heteroatoms. The molecule has 1 aliphatic heterocycles. The molecule has 1 heterocycles. The summed E-state index contributed by atoms with van der Waals surface area (Å²) in [6.45, 7) is 8.30. The van der Waals surface area contributed by atoms with Crippen LogP contribution < -0.4 is 5.32 Å². The molecule has 0 amide bonds. The zero-order valence-corrected chi connectivity index (χ0v) is 12.9. The predicted octanol–water partition coefficient (Wildman–Crippen LogP) is 3.82. The van der Waals surface area contributed by atoms with Crippen molar-refractivity contribution in [2.45, 2.75) is 39.3 Å². The van der Waals surface area contributed by atoms with Crippen molar-refractivity contribution in [1.29, 1.82) is 0 Å². The number of carbonyl (C=O) groups is 1. The maximum atomic E-state index is 12.6. The van der Waals surface area contributed by atoms with Gasteiger partial charge in [0.25, 0.3) is 0 Å². The highest BCUT2D eigenvalue weighted by Gasteiger charge is 2.17. The summed E-state index contributed by atoms with van der Waals surface area (Å²) in [6.07, 6.45) is 0. The van der Waals surface area contributed by atoms with E-state index >= 15 is 0 Å². The molecule has 1 N–H and O–H groups in total. The highest BCUT2D eigenvalue weighted by atomic mass is 16.1. The normalized spacial score (nSPS) is 14.0. The van der Waals surface area contributed by atoms with Crippen LogP contribution in [0.3, 0.4) is 0 Å². The zero-order chi connectivity index (χ0) is 15.0. The lowest BCUT2D eigenvalue weighted by molar-refractivity contribution is 0.103. The van der Waals surface area contributed by atoms with Crippen molar-refractivity contribution in [1.82, 2.24) is 5.32 Å². The van der Waals surface area contributed by atoms with Gasteiger partial charge in [-0.2, -0.15) is 0 Å². The Morgan fingerprint density at radius 3 is 2.19 bits per heavy atom. The third kappa shape index (κ3) is 2.77. The molecule has 3 rings (SSSR count). The van der Waals surface area contributed by atoms with E-state index in [0.29, 0.717) is 0 Å². The molecule has 0 bridgehead atoms. The number of ketones is 1. The van der Waals surface area contributed by atoms with Gasteiger partial charge < -0.3 is 5.32 Å². The van der Waals surface area contributed by atoms with Crippen molar-refractivity contribution in [3.05, 3.63) is 70.3 Å².